The monoisotopic (exact) mass is 280 g/mol. The number of hydrogen-bond donors (Lipinski definition) is 1. The van der Waals surface area contributed by atoms with Crippen LogP contribution in [0.2, 0.25) is 0 Å². The molecule has 1 aliphatic heterocycles. The molecule has 2 rings (SSSR count). The highest BCUT2D eigenvalue weighted by molar-refractivity contribution is 8.06. The van der Waals surface area contributed by atoms with Crippen molar-refractivity contribution in [2.75, 3.05) is 5.75 Å². The summed E-state index contributed by atoms with van der Waals surface area (Å²) < 4.78 is -0.851. The molecule has 1 saturated heterocycles. The van der Waals surface area contributed by atoms with Crippen molar-refractivity contribution in [3.05, 3.63) is 30.3 Å². The van der Waals surface area contributed by atoms with Gasteiger partial charge >= 0.3 is 0 Å². The molecular formula is C10H10Cl2OS2. The van der Waals surface area contributed by atoms with Crippen LogP contribution in [0.3, 0.4) is 0 Å². The van der Waals surface area contributed by atoms with Gasteiger partial charge in [-0.2, -0.15) is 0 Å². The summed E-state index contributed by atoms with van der Waals surface area (Å²) in [7, 11) is 0. The Labute approximate surface area is 108 Å². The van der Waals surface area contributed by atoms with Crippen LogP contribution in [0.15, 0.2) is 35.2 Å². The molecule has 1 aliphatic rings. The van der Waals surface area contributed by atoms with Gasteiger partial charge in [0.05, 0.1) is 0 Å². The predicted octanol–water partition coefficient (Wildman–Crippen LogP) is 3.74. The van der Waals surface area contributed by atoms with Gasteiger partial charge in [0.15, 0.2) is 3.67 Å². The SMILES string of the molecule is OC1(Sc2ccccc2)CSC(Cl)(Cl)C1. The van der Waals surface area contributed by atoms with E-state index in [0.717, 1.165) is 4.90 Å². The summed E-state index contributed by atoms with van der Waals surface area (Å²) in [5.74, 6) is 0.555. The van der Waals surface area contributed by atoms with Crippen molar-refractivity contribution in [2.24, 2.45) is 0 Å². The van der Waals surface area contributed by atoms with Gasteiger partial charge in [-0.1, -0.05) is 53.2 Å². The summed E-state index contributed by atoms with van der Waals surface area (Å²) >= 11 is 14.8. The van der Waals surface area contributed by atoms with Crippen molar-refractivity contribution in [1.29, 1.82) is 0 Å². The van der Waals surface area contributed by atoms with Gasteiger partial charge in [0, 0.05) is 17.1 Å². The van der Waals surface area contributed by atoms with Gasteiger partial charge in [-0.05, 0) is 12.1 Å². The van der Waals surface area contributed by atoms with Crippen LogP contribution >= 0.6 is 46.7 Å². The molecule has 5 heteroatoms. The topological polar surface area (TPSA) is 20.2 Å². The van der Waals surface area contributed by atoms with E-state index in [1.807, 2.05) is 30.3 Å². The van der Waals surface area contributed by atoms with Crippen LogP contribution in [0.4, 0.5) is 0 Å². The summed E-state index contributed by atoms with van der Waals surface area (Å²) in [6, 6.07) is 9.78. The molecule has 1 atom stereocenters. The first-order valence-electron chi connectivity index (χ1n) is 4.47. The third-order valence-corrected chi connectivity index (χ3v) is 5.51. The van der Waals surface area contributed by atoms with E-state index in [1.165, 1.54) is 23.5 Å². The molecule has 1 N–H and O–H groups in total. The fraction of sp³-hybridized carbons (Fsp3) is 0.400. The number of hydrogen-bond acceptors (Lipinski definition) is 3. The smallest absolute Gasteiger partial charge is 0.167 e. The Hall–Kier alpha value is 0.460. The van der Waals surface area contributed by atoms with E-state index in [2.05, 4.69) is 0 Å². The molecule has 1 nitrogen and oxygen atoms in total. The van der Waals surface area contributed by atoms with Crippen LogP contribution in [0.1, 0.15) is 6.42 Å². The summed E-state index contributed by atoms with van der Waals surface area (Å²) in [4.78, 5) is 0.182. The molecule has 0 bridgehead atoms. The zero-order valence-electron chi connectivity index (χ0n) is 7.82. The summed E-state index contributed by atoms with van der Waals surface area (Å²) in [6.45, 7) is 0. The first-order chi connectivity index (χ1) is 6.99. The maximum absolute atomic E-state index is 10.3. The van der Waals surface area contributed by atoms with Gasteiger partial charge in [0.2, 0.25) is 0 Å². The standard InChI is InChI=1S/C10H10Cl2OS2/c11-10(12)6-9(13,7-14-10)15-8-4-2-1-3-5-8/h1-5,13H,6-7H2. The Bertz CT molecular complexity index is 345. The Kier molecular flexibility index (Phi) is 3.48. The minimum atomic E-state index is -0.852. The number of thioether (sulfide) groups is 2. The van der Waals surface area contributed by atoms with Gasteiger partial charge in [0.25, 0.3) is 0 Å². The van der Waals surface area contributed by atoms with Gasteiger partial charge < -0.3 is 5.11 Å². The number of halogens is 2. The van der Waals surface area contributed by atoms with Gasteiger partial charge in [-0.25, -0.2) is 0 Å². The van der Waals surface area contributed by atoms with Crippen LogP contribution in [0.25, 0.3) is 0 Å². The molecule has 1 unspecified atom stereocenters. The quantitative estimate of drug-likeness (QED) is 0.659. The molecule has 0 saturated carbocycles. The maximum Gasteiger partial charge on any atom is 0.167 e. The number of alkyl halides is 2. The van der Waals surface area contributed by atoms with Crippen LogP contribution in [0, 0.1) is 0 Å². The average molecular weight is 281 g/mol. The Morgan fingerprint density at radius 2 is 1.93 bits per heavy atom. The van der Waals surface area contributed by atoms with Crippen molar-refractivity contribution in [3.63, 3.8) is 0 Å². The van der Waals surface area contributed by atoms with Crippen molar-refractivity contribution >= 4 is 46.7 Å². The van der Waals surface area contributed by atoms with Crippen LogP contribution < -0.4 is 0 Å². The van der Waals surface area contributed by atoms with Crippen LogP contribution in [0.5, 0.6) is 0 Å². The van der Waals surface area contributed by atoms with E-state index in [1.54, 1.807) is 0 Å². The third-order valence-electron chi connectivity index (χ3n) is 2.04. The van der Waals surface area contributed by atoms with E-state index in [9.17, 15) is 5.11 Å². The van der Waals surface area contributed by atoms with Crippen molar-refractivity contribution in [3.8, 4) is 0 Å². The van der Waals surface area contributed by atoms with E-state index >= 15 is 0 Å². The summed E-state index contributed by atoms with van der Waals surface area (Å²) in [5, 5.41) is 10.3. The van der Waals surface area contributed by atoms with Crippen molar-refractivity contribution < 1.29 is 5.11 Å². The lowest BCUT2D eigenvalue weighted by atomic mass is 10.3. The highest BCUT2D eigenvalue weighted by atomic mass is 35.5. The van der Waals surface area contributed by atoms with E-state index in [-0.39, 0.29) is 0 Å². The van der Waals surface area contributed by atoms with Crippen LogP contribution in [-0.2, 0) is 0 Å². The zero-order chi connectivity index (χ0) is 10.9. The average Bonchev–Trinajstić information content (AvgIpc) is 2.42. The van der Waals surface area contributed by atoms with Crippen molar-refractivity contribution in [1.82, 2.24) is 0 Å². The predicted molar refractivity (Wildman–Crippen MR) is 68.8 cm³/mol. The van der Waals surface area contributed by atoms with Crippen LogP contribution in [-0.4, -0.2) is 19.5 Å². The molecule has 0 spiro atoms. The van der Waals surface area contributed by atoms with Crippen molar-refractivity contribution in [2.45, 2.75) is 19.9 Å². The Morgan fingerprint density at radius 1 is 1.27 bits per heavy atom. The molecule has 82 valence electrons. The Morgan fingerprint density at radius 3 is 2.47 bits per heavy atom. The second-order valence-corrected chi connectivity index (χ2v) is 8.11. The molecule has 0 aliphatic carbocycles. The summed E-state index contributed by atoms with van der Waals surface area (Å²) in [6.07, 6.45) is 0.382. The molecule has 1 heterocycles. The molecular weight excluding hydrogens is 271 g/mol. The third kappa shape index (κ3) is 3.21. The fourth-order valence-corrected chi connectivity index (χ4v) is 4.75. The minimum Gasteiger partial charge on any atom is -0.378 e. The second-order valence-electron chi connectivity index (χ2n) is 3.46. The highest BCUT2D eigenvalue weighted by Crippen LogP contribution is 2.54. The molecule has 1 aromatic carbocycles. The lowest BCUT2D eigenvalue weighted by molar-refractivity contribution is 0.162. The van der Waals surface area contributed by atoms with E-state index in [0.29, 0.717) is 12.2 Å². The van der Waals surface area contributed by atoms with E-state index in [4.69, 9.17) is 23.2 Å². The lowest BCUT2D eigenvalue weighted by Crippen LogP contribution is -2.24. The zero-order valence-corrected chi connectivity index (χ0v) is 11.0. The first-order valence-corrected chi connectivity index (χ1v) is 7.03. The van der Waals surface area contributed by atoms with E-state index < -0.39 is 8.60 Å². The lowest BCUT2D eigenvalue weighted by Gasteiger charge is -2.21. The normalized spacial score (nSPS) is 29.3. The van der Waals surface area contributed by atoms with Gasteiger partial charge in [0.1, 0.15) is 4.93 Å². The molecule has 0 aromatic heterocycles. The molecule has 1 fully saturated rings. The minimum absolute atomic E-state index is 0.382. The Balaban J connectivity index is 2.07. The maximum atomic E-state index is 10.3. The fourth-order valence-electron chi connectivity index (χ4n) is 1.42. The molecule has 1 aromatic rings. The van der Waals surface area contributed by atoms with Gasteiger partial charge in [-0.15, -0.1) is 11.8 Å². The first kappa shape index (κ1) is 11.9. The number of rotatable bonds is 2. The molecule has 15 heavy (non-hydrogen) atoms. The molecule has 0 radical (unpaired) electrons. The largest absolute Gasteiger partial charge is 0.378 e. The number of aliphatic hydroxyl groups is 1. The highest BCUT2D eigenvalue weighted by Gasteiger charge is 2.46. The number of benzene rings is 1. The summed E-state index contributed by atoms with van der Waals surface area (Å²) in [5.41, 5.74) is 0. The molecule has 0 amide bonds. The second kappa shape index (κ2) is 4.38. The van der Waals surface area contributed by atoms with Gasteiger partial charge in [-0.3, -0.25) is 0 Å².